The van der Waals surface area contributed by atoms with Crippen LogP contribution in [0.2, 0.25) is 0 Å². The highest BCUT2D eigenvalue weighted by molar-refractivity contribution is 5.78. The minimum atomic E-state index is -0.191. The van der Waals surface area contributed by atoms with E-state index in [2.05, 4.69) is 17.0 Å². The topological polar surface area (TPSA) is 72.2 Å². The van der Waals surface area contributed by atoms with Crippen molar-refractivity contribution in [2.24, 2.45) is 0 Å². The molecule has 34 heavy (non-hydrogen) atoms. The van der Waals surface area contributed by atoms with Crippen molar-refractivity contribution in [3.05, 3.63) is 59.5 Å². The third-order valence-corrected chi connectivity index (χ3v) is 6.01. The lowest BCUT2D eigenvalue weighted by molar-refractivity contribution is -0.143. The Balaban J connectivity index is 1.63. The van der Waals surface area contributed by atoms with E-state index < -0.39 is 0 Å². The van der Waals surface area contributed by atoms with E-state index in [0.29, 0.717) is 45.6 Å². The Morgan fingerprint density at radius 1 is 1.12 bits per heavy atom. The molecule has 0 unspecified atom stereocenters. The molecule has 2 heterocycles. The van der Waals surface area contributed by atoms with Gasteiger partial charge in [-0.25, -0.2) is 0 Å². The monoisotopic (exact) mass is 470 g/mol. The first kappa shape index (κ1) is 26.0. The fraction of sp³-hybridized carbons (Fsp3) is 0.556. The quantitative estimate of drug-likeness (QED) is 0.389. The number of hydrogen-bond acceptors (Lipinski definition) is 6. The Hall–Kier alpha value is -2.64. The number of carbonyl (C=O) groups is 2. The summed E-state index contributed by atoms with van der Waals surface area (Å²) < 4.78 is 16.6. The fourth-order valence-corrected chi connectivity index (χ4v) is 4.24. The number of amides is 1. The zero-order valence-electron chi connectivity index (χ0n) is 20.5. The fourth-order valence-electron chi connectivity index (χ4n) is 4.24. The van der Waals surface area contributed by atoms with Gasteiger partial charge in [0.1, 0.15) is 11.5 Å². The van der Waals surface area contributed by atoms with Gasteiger partial charge in [0, 0.05) is 26.1 Å². The van der Waals surface area contributed by atoms with Crippen molar-refractivity contribution in [2.75, 3.05) is 39.4 Å². The van der Waals surface area contributed by atoms with Crippen molar-refractivity contribution >= 4 is 11.9 Å². The predicted octanol–water partition coefficient (Wildman–Crippen LogP) is 3.98. The second-order valence-corrected chi connectivity index (χ2v) is 8.84. The van der Waals surface area contributed by atoms with E-state index in [1.54, 1.807) is 0 Å². The minimum absolute atomic E-state index is 0.0547. The highest BCUT2D eigenvalue weighted by atomic mass is 16.5. The predicted molar refractivity (Wildman–Crippen MR) is 130 cm³/mol. The van der Waals surface area contributed by atoms with Gasteiger partial charge < -0.3 is 18.8 Å². The molecule has 1 atom stereocenters. The molecular weight excluding hydrogens is 432 g/mol. The van der Waals surface area contributed by atoms with Crippen LogP contribution in [0.5, 0.6) is 0 Å². The molecule has 7 nitrogen and oxygen atoms in total. The maximum Gasteiger partial charge on any atom is 0.305 e. The van der Waals surface area contributed by atoms with Gasteiger partial charge in [-0.1, -0.05) is 30.3 Å². The summed E-state index contributed by atoms with van der Waals surface area (Å²) in [5.74, 6) is 1.49. The van der Waals surface area contributed by atoms with Crippen molar-refractivity contribution in [3.8, 4) is 0 Å². The maximum atomic E-state index is 13.5. The van der Waals surface area contributed by atoms with Crippen molar-refractivity contribution in [1.29, 1.82) is 0 Å². The molecule has 186 valence electrons. The summed E-state index contributed by atoms with van der Waals surface area (Å²) in [4.78, 5) is 29.2. The van der Waals surface area contributed by atoms with Crippen LogP contribution in [-0.2, 0) is 32.0 Å². The summed E-state index contributed by atoms with van der Waals surface area (Å²) in [5, 5.41) is 0. The maximum absolute atomic E-state index is 13.5. The second-order valence-electron chi connectivity index (χ2n) is 8.84. The van der Waals surface area contributed by atoms with Crippen LogP contribution in [0, 0.1) is 6.92 Å². The van der Waals surface area contributed by atoms with E-state index >= 15 is 0 Å². The van der Waals surface area contributed by atoms with E-state index in [1.807, 2.05) is 49.1 Å². The lowest BCUT2D eigenvalue weighted by Gasteiger charge is -2.28. The molecule has 1 aromatic heterocycles. The Morgan fingerprint density at radius 2 is 1.94 bits per heavy atom. The molecule has 1 saturated heterocycles. The van der Waals surface area contributed by atoms with E-state index in [4.69, 9.17) is 13.9 Å². The summed E-state index contributed by atoms with van der Waals surface area (Å²) in [5.41, 5.74) is 1.20. The van der Waals surface area contributed by atoms with Crippen LogP contribution < -0.4 is 0 Å². The molecule has 1 aliphatic rings. The lowest BCUT2D eigenvalue weighted by Crippen LogP contribution is -2.43. The van der Waals surface area contributed by atoms with Gasteiger partial charge in [0.2, 0.25) is 5.91 Å². The van der Waals surface area contributed by atoms with Gasteiger partial charge >= 0.3 is 5.97 Å². The van der Waals surface area contributed by atoms with Crippen LogP contribution in [-0.4, -0.2) is 67.2 Å². The molecule has 1 aliphatic heterocycles. The van der Waals surface area contributed by atoms with E-state index in [-0.39, 0.29) is 24.5 Å². The number of carbonyl (C=O) groups excluding carboxylic acids is 2. The highest BCUT2D eigenvalue weighted by Crippen LogP contribution is 2.16. The molecular formula is C27H38N2O5. The van der Waals surface area contributed by atoms with Crippen molar-refractivity contribution < 1.29 is 23.5 Å². The number of esters is 1. The molecule has 0 bridgehead atoms. The van der Waals surface area contributed by atoms with Crippen molar-refractivity contribution in [2.45, 2.75) is 58.6 Å². The summed E-state index contributed by atoms with van der Waals surface area (Å²) in [7, 11) is 0. The number of rotatable bonds is 14. The molecule has 7 heteroatoms. The molecule has 0 N–H and O–H groups in total. The lowest BCUT2D eigenvalue weighted by atomic mass is 10.1. The van der Waals surface area contributed by atoms with Gasteiger partial charge in [-0.05, 0) is 63.8 Å². The Bertz CT molecular complexity index is 876. The zero-order chi connectivity index (χ0) is 24.2. The average Bonchev–Trinajstić information content (AvgIpc) is 3.48. The van der Waals surface area contributed by atoms with Crippen LogP contribution in [0.4, 0.5) is 0 Å². The first-order valence-electron chi connectivity index (χ1n) is 12.4. The van der Waals surface area contributed by atoms with E-state index in [0.717, 1.165) is 37.4 Å². The number of nitrogens with zero attached hydrogens (tertiary/aromatic N) is 2. The summed E-state index contributed by atoms with van der Waals surface area (Å²) in [6, 6.07) is 14.1. The average molecular weight is 471 g/mol. The number of ether oxygens (including phenoxy) is 2. The number of benzene rings is 1. The Kier molecular flexibility index (Phi) is 10.6. The number of aryl methyl sites for hydroxylation is 1. The normalized spacial score (nSPS) is 15.6. The highest BCUT2D eigenvalue weighted by Gasteiger charge is 2.24. The first-order valence-corrected chi connectivity index (χ1v) is 12.4. The molecule has 0 aliphatic carbocycles. The summed E-state index contributed by atoms with van der Waals surface area (Å²) in [6.45, 7) is 7.57. The van der Waals surface area contributed by atoms with Gasteiger partial charge in [-0.15, -0.1) is 0 Å². The van der Waals surface area contributed by atoms with Crippen molar-refractivity contribution in [3.63, 3.8) is 0 Å². The van der Waals surface area contributed by atoms with Crippen molar-refractivity contribution in [1.82, 2.24) is 9.80 Å². The van der Waals surface area contributed by atoms with Crippen LogP contribution in [0.25, 0.3) is 0 Å². The van der Waals surface area contributed by atoms with E-state index in [1.165, 1.54) is 5.56 Å². The Morgan fingerprint density at radius 3 is 2.62 bits per heavy atom. The SMILES string of the molecule is CCOC(=O)CCCN(CC(=O)N(CCc1ccccc1)Cc1ccc(C)o1)C[C@H]1CCCO1. The summed E-state index contributed by atoms with van der Waals surface area (Å²) >= 11 is 0. The zero-order valence-corrected chi connectivity index (χ0v) is 20.5. The molecule has 1 fully saturated rings. The number of hydrogen-bond donors (Lipinski definition) is 0. The van der Waals surface area contributed by atoms with Gasteiger partial charge in [0.15, 0.2) is 0 Å². The van der Waals surface area contributed by atoms with Crippen LogP contribution in [0.3, 0.4) is 0 Å². The van der Waals surface area contributed by atoms with E-state index in [9.17, 15) is 9.59 Å². The van der Waals surface area contributed by atoms with Gasteiger partial charge in [-0.2, -0.15) is 0 Å². The second kappa shape index (κ2) is 13.9. The van der Waals surface area contributed by atoms with Crippen LogP contribution >= 0.6 is 0 Å². The molecule has 0 saturated carbocycles. The van der Waals surface area contributed by atoms with Gasteiger partial charge in [0.05, 0.1) is 25.8 Å². The first-order chi connectivity index (χ1) is 16.5. The number of furan rings is 1. The molecule has 3 rings (SSSR count). The van der Waals surface area contributed by atoms with Crippen LogP contribution in [0.1, 0.15) is 49.7 Å². The van der Waals surface area contributed by atoms with Gasteiger partial charge in [-0.3, -0.25) is 14.5 Å². The molecule has 1 aromatic carbocycles. The van der Waals surface area contributed by atoms with Gasteiger partial charge in [0.25, 0.3) is 0 Å². The standard InChI is InChI=1S/C27H38N2O5/c1-3-32-27(31)12-7-16-28(19-24-11-8-18-33-24)21-26(30)29(20-25-14-13-22(2)34-25)17-15-23-9-5-4-6-10-23/h4-6,9-10,13-14,24H,3,7-8,11-12,15-21H2,1-2H3/t24-/m1/s1. The molecule has 0 spiro atoms. The largest absolute Gasteiger partial charge is 0.466 e. The molecule has 0 radical (unpaired) electrons. The van der Waals surface area contributed by atoms with Crippen LogP contribution in [0.15, 0.2) is 46.9 Å². The smallest absolute Gasteiger partial charge is 0.305 e. The Labute approximate surface area is 203 Å². The molecule has 2 aromatic rings. The summed E-state index contributed by atoms with van der Waals surface area (Å²) in [6.07, 6.45) is 3.98. The third kappa shape index (κ3) is 8.95. The minimum Gasteiger partial charge on any atom is -0.466 e. The third-order valence-electron chi connectivity index (χ3n) is 6.01. The molecule has 1 amide bonds.